The van der Waals surface area contributed by atoms with Crippen molar-refractivity contribution in [2.75, 3.05) is 19.6 Å². The van der Waals surface area contributed by atoms with Crippen LogP contribution in [0.2, 0.25) is 0 Å². The van der Waals surface area contributed by atoms with Gasteiger partial charge in [-0.25, -0.2) is 4.98 Å². The van der Waals surface area contributed by atoms with E-state index in [-0.39, 0.29) is 36.1 Å². The number of thiazole rings is 1. The van der Waals surface area contributed by atoms with Gasteiger partial charge >= 0.3 is 0 Å². The summed E-state index contributed by atoms with van der Waals surface area (Å²) in [4.78, 5) is 20.2. The molecule has 1 aromatic heterocycles. The number of nitrogens with two attached hydrogens (primary N) is 1. The fourth-order valence-electron chi connectivity index (χ4n) is 2.87. The molecule has 2 N–H and O–H groups in total. The summed E-state index contributed by atoms with van der Waals surface area (Å²) in [6.45, 7) is 6.35. The molecule has 2 aromatic rings. The van der Waals surface area contributed by atoms with Gasteiger partial charge in [0.1, 0.15) is 0 Å². The van der Waals surface area contributed by atoms with Crippen LogP contribution in [0.15, 0.2) is 34.5 Å². The largest absolute Gasteiger partial charge is 0.338 e. The van der Waals surface area contributed by atoms with Crippen LogP contribution in [0.25, 0.3) is 0 Å². The second-order valence-electron chi connectivity index (χ2n) is 6.66. The highest BCUT2D eigenvalue weighted by molar-refractivity contribution is 7.98. The molecule has 0 spiro atoms. The molecule has 2 heterocycles. The second-order valence-corrected chi connectivity index (χ2v) is 8.77. The summed E-state index contributed by atoms with van der Waals surface area (Å²) >= 11 is 3.42. The summed E-state index contributed by atoms with van der Waals surface area (Å²) in [6, 6.07) is 7.90. The minimum atomic E-state index is 0. The van der Waals surface area contributed by atoms with Crippen molar-refractivity contribution in [3.05, 3.63) is 45.9 Å². The van der Waals surface area contributed by atoms with Crippen molar-refractivity contribution in [1.29, 1.82) is 0 Å². The zero-order valence-corrected chi connectivity index (χ0v) is 18.2. The average Bonchev–Trinajstić information content (AvgIpc) is 3.19. The van der Waals surface area contributed by atoms with E-state index in [0.717, 1.165) is 46.4 Å². The standard InChI is InChI=1S/C18H23N3OS2.2ClH/c1-13-20-15(9-23-13)10-24-16-5-3-14(4-6-16)17(22)21-8-7-18(2,11-19)12-21;;/h3-6,9H,7-8,10-12,19H2,1-2H3;2*1H. The first-order valence-corrected chi connectivity index (χ1v) is 9.99. The fraction of sp³-hybridized carbons (Fsp3) is 0.444. The van der Waals surface area contributed by atoms with Crippen LogP contribution < -0.4 is 5.73 Å². The Bertz CT molecular complexity index is 723. The van der Waals surface area contributed by atoms with E-state index in [4.69, 9.17) is 5.73 Å². The van der Waals surface area contributed by atoms with Gasteiger partial charge in [-0.15, -0.1) is 47.9 Å². The van der Waals surface area contributed by atoms with Crippen LogP contribution in [0.1, 0.15) is 34.4 Å². The average molecular weight is 434 g/mol. The van der Waals surface area contributed by atoms with Crippen molar-refractivity contribution in [2.45, 2.75) is 30.9 Å². The van der Waals surface area contributed by atoms with Gasteiger partial charge in [-0.1, -0.05) is 6.92 Å². The quantitative estimate of drug-likeness (QED) is 0.709. The van der Waals surface area contributed by atoms with Gasteiger partial charge in [0.25, 0.3) is 5.91 Å². The number of nitrogens with zero attached hydrogens (tertiary/aromatic N) is 2. The Morgan fingerprint density at radius 3 is 2.58 bits per heavy atom. The third-order valence-corrected chi connectivity index (χ3v) is 6.36. The monoisotopic (exact) mass is 433 g/mol. The first-order valence-electron chi connectivity index (χ1n) is 8.12. The van der Waals surface area contributed by atoms with E-state index in [1.807, 2.05) is 36.1 Å². The van der Waals surface area contributed by atoms with Gasteiger partial charge in [0.05, 0.1) is 10.7 Å². The Morgan fingerprint density at radius 2 is 2.04 bits per heavy atom. The lowest BCUT2D eigenvalue weighted by Crippen LogP contribution is -2.34. The number of carbonyl (C=O) groups excluding carboxylic acids is 1. The third kappa shape index (κ3) is 5.60. The van der Waals surface area contributed by atoms with E-state index >= 15 is 0 Å². The van der Waals surface area contributed by atoms with Crippen molar-refractivity contribution in [3.8, 4) is 0 Å². The van der Waals surface area contributed by atoms with Gasteiger partial charge in [0.15, 0.2) is 0 Å². The molecule has 1 fully saturated rings. The van der Waals surface area contributed by atoms with Crippen LogP contribution in [0, 0.1) is 12.3 Å². The van der Waals surface area contributed by atoms with Crippen molar-refractivity contribution in [1.82, 2.24) is 9.88 Å². The molecule has 0 aliphatic carbocycles. The molecular weight excluding hydrogens is 409 g/mol. The van der Waals surface area contributed by atoms with Crippen LogP contribution in [0.5, 0.6) is 0 Å². The van der Waals surface area contributed by atoms with E-state index < -0.39 is 0 Å². The number of thioether (sulfide) groups is 1. The summed E-state index contributed by atoms with van der Waals surface area (Å²) < 4.78 is 0. The van der Waals surface area contributed by atoms with Crippen LogP contribution in [0.3, 0.4) is 0 Å². The van der Waals surface area contributed by atoms with E-state index in [2.05, 4.69) is 17.3 Å². The summed E-state index contributed by atoms with van der Waals surface area (Å²) in [5, 5.41) is 3.20. The highest BCUT2D eigenvalue weighted by Gasteiger charge is 2.35. The van der Waals surface area contributed by atoms with Crippen LogP contribution >= 0.6 is 47.9 Å². The smallest absolute Gasteiger partial charge is 0.253 e. The number of likely N-dealkylation sites (tertiary alicyclic amines) is 1. The van der Waals surface area contributed by atoms with Gasteiger partial charge in [-0.05, 0) is 49.6 Å². The molecule has 0 radical (unpaired) electrons. The normalized spacial score (nSPS) is 19.0. The van der Waals surface area contributed by atoms with Gasteiger partial charge in [0.2, 0.25) is 0 Å². The Labute approximate surface area is 175 Å². The molecule has 3 rings (SSSR count). The minimum absolute atomic E-state index is 0. The first-order chi connectivity index (χ1) is 11.5. The molecule has 4 nitrogen and oxygen atoms in total. The number of aryl methyl sites for hydroxylation is 1. The van der Waals surface area contributed by atoms with Gasteiger partial charge in [-0.3, -0.25) is 4.79 Å². The first kappa shape index (κ1) is 23.2. The number of halogens is 2. The van der Waals surface area contributed by atoms with Gasteiger partial charge in [-0.2, -0.15) is 0 Å². The minimum Gasteiger partial charge on any atom is -0.338 e. The van der Waals surface area contributed by atoms with Crippen LogP contribution in [0.4, 0.5) is 0 Å². The lowest BCUT2D eigenvalue weighted by molar-refractivity contribution is 0.0777. The summed E-state index contributed by atoms with van der Waals surface area (Å²) in [6.07, 6.45) is 0.982. The lowest BCUT2D eigenvalue weighted by Gasteiger charge is -2.22. The molecule has 1 unspecified atom stereocenters. The van der Waals surface area contributed by atoms with Gasteiger partial charge < -0.3 is 10.6 Å². The molecule has 1 atom stereocenters. The molecule has 26 heavy (non-hydrogen) atoms. The predicted octanol–water partition coefficient (Wildman–Crippen LogP) is 4.40. The maximum Gasteiger partial charge on any atom is 0.253 e. The SMILES string of the molecule is Cc1nc(CSc2ccc(C(=O)N3CCC(C)(CN)C3)cc2)cs1.Cl.Cl. The number of rotatable bonds is 5. The van der Waals surface area contributed by atoms with E-state index in [9.17, 15) is 4.79 Å². The molecule has 1 aromatic carbocycles. The summed E-state index contributed by atoms with van der Waals surface area (Å²) in [5.74, 6) is 0.970. The molecule has 0 bridgehead atoms. The van der Waals surface area contributed by atoms with E-state index in [1.165, 1.54) is 0 Å². The Hall–Kier alpha value is -0.790. The molecular formula is C18H25Cl2N3OS2. The maximum atomic E-state index is 12.6. The Balaban J connectivity index is 0.00000169. The van der Waals surface area contributed by atoms with Crippen molar-refractivity contribution >= 4 is 53.8 Å². The van der Waals surface area contributed by atoms with Crippen molar-refractivity contribution < 1.29 is 4.79 Å². The van der Waals surface area contributed by atoms with E-state index in [1.54, 1.807) is 23.1 Å². The molecule has 1 aliphatic rings. The molecule has 8 heteroatoms. The van der Waals surface area contributed by atoms with E-state index in [0.29, 0.717) is 6.54 Å². The second kappa shape index (κ2) is 9.95. The molecule has 1 amide bonds. The predicted molar refractivity (Wildman–Crippen MR) is 115 cm³/mol. The summed E-state index contributed by atoms with van der Waals surface area (Å²) in [7, 11) is 0. The molecule has 0 saturated carbocycles. The molecule has 1 aliphatic heterocycles. The third-order valence-electron chi connectivity index (χ3n) is 4.49. The topological polar surface area (TPSA) is 59.2 Å². The van der Waals surface area contributed by atoms with Gasteiger partial charge in [0, 0.05) is 34.7 Å². The number of benzene rings is 1. The summed E-state index contributed by atoms with van der Waals surface area (Å²) in [5.41, 5.74) is 7.76. The lowest BCUT2D eigenvalue weighted by atomic mass is 9.90. The number of hydrogen-bond acceptors (Lipinski definition) is 5. The number of amides is 1. The van der Waals surface area contributed by atoms with Crippen molar-refractivity contribution in [2.24, 2.45) is 11.1 Å². The zero-order valence-electron chi connectivity index (χ0n) is 14.9. The number of hydrogen-bond donors (Lipinski definition) is 1. The Morgan fingerprint density at radius 1 is 1.35 bits per heavy atom. The van der Waals surface area contributed by atoms with Crippen LogP contribution in [-0.4, -0.2) is 35.4 Å². The van der Waals surface area contributed by atoms with Crippen LogP contribution in [-0.2, 0) is 5.75 Å². The molecule has 1 saturated heterocycles. The highest BCUT2D eigenvalue weighted by atomic mass is 35.5. The Kier molecular flexibility index (Phi) is 8.89. The fourth-order valence-corrected chi connectivity index (χ4v) is 4.38. The highest BCUT2D eigenvalue weighted by Crippen LogP contribution is 2.30. The van der Waals surface area contributed by atoms with Crippen molar-refractivity contribution in [3.63, 3.8) is 0 Å². The maximum absolute atomic E-state index is 12.6. The number of aromatic nitrogens is 1. The molecule has 144 valence electrons. The zero-order chi connectivity index (χ0) is 17.2. The number of carbonyl (C=O) groups is 1.